The van der Waals surface area contributed by atoms with Gasteiger partial charge in [0.05, 0.1) is 36.2 Å². The third-order valence-electron chi connectivity index (χ3n) is 8.06. The zero-order valence-electron chi connectivity index (χ0n) is 23.2. The van der Waals surface area contributed by atoms with Gasteiger partial charge in [-0.15, -0.1) is 0 Å². The molecule has 0 unspecified atom stereocenters. The molecule has 11 nitrogen and oxygen atoms in total. The Morgan fingerprint density at radius 1 is 0.829 bits per heavy atom. The first kappa shape index (κ1) is 28.4. The molecule has 0 radical (unpaired) electrons. The predicted octanol–water partition coefficient (Wildman–Crippen LogP) is 2.38. The number of piperazine rings is 1. The van der Waals surface area contributed by atoms with Gasteiger partial charge in [0.1, 0.15) is 0 Å². The molecule has 216 valence electrons. The summed E-state index contributed by atoms with van der Waals surface area (Å²) in [6.07, 6.45) is 3.47. The van der Waals surface area contributed by atoms with Crippen LogP contribution in [-0.2, 0) is 4.74 Å². The lowest BCUT2D eigenvalue weighted by molar-refractivity contribution is 0.0428. The van der Waals surface area contributed by atoms with Crippen molar-refractivity contribution in [3.8, 4) is 6.07 Å². The van der Waals surface area contributed by atoms with Crippen LogP contribution in [0.2, 0.25) is 0 Å². The summed E-state index contributed by atoms with van der Waals surface area (Å²) in [6, 6.07) is 14.1. The van der Waals surface area contributed by atoms with E-state index < -0.39 is 0 Å². The predicted molar refractivity (Wildman–Crippen MR) is 155 cm³/mol. The number of nitrogens with one attached hydrogen (secondary N) is 2. The molecule has 2 saturated heterocycles. The first-order chi connectivity index (χ1) is 19.9. The van der Waals surface area contributed by atoms with Crippen LogP contribution in [0.25, 0.3) is 0 Å². The smallest absolute Gasteiger partial charge is 0.320 e. The van der Waals surface area contributed by atoms with Gasteiger partial charge in [0.15, 0.2) is 0 Å². The Morgan fingerprint density at radius 2 is 1.46 bits per heavy atom. The minimum absolute atomic E-state index is 0.0259. The average Bonchev–Trinajstić information content (AvgIpc) is 3.02. The number of morpholine rings is 1. The summed E-state index contributed by atoms with van der Waals surface area (Å²) in [5.41, 5.74) is 8.65. The fourth-order valence-electron chi connectivity index (χ4n) is 5.57. The van der Waals surface area contributed by atoms with Crippen LogP contribution in [-0.4, -0.2) is 92.2 Å². The van der Waals surface area contributed by atoms with Gasteiger partial charge in [0.25, 0.3) is 11.8 Å². The van der Waals surface area contributed by atoms with Gasteiger partial charge in [0, 0.05) is 62.5 Å². The minimum Gasteiger partial charge on any atom is -0.378 e. The monoisotopic (exact) mass is 559 g/mol. The fraction of sp³-hybridized carbons (Fsp3) is 0.467. The van der Waals surface area contributed by atoms with Crippen molar-refractivity contribution in [3.05, 3.63) is 59.2 Å². The average molecular weight is 560 g/mol. The van der Waals surface area contributed by atoms with Gasteiger partial charge >= 0.3 is 6.03 Å². The summed E-state index contributed by atoms with van der Waals surface area (Å²) in [4.78, 5) is 45.1. The van der Waals surface area contributed by atoms with Gasteiger partial charge in [-0.2, -0.15) is 5.26 Å². The maximum absolute atomic E-state index is 13.2. The van der Waals surface area contributed by atoms with E-state index in [2.05, 4.69) is 21.6 Å². The topological polar surface area (TPSA) is 144 Å². The maximum atomic E-state index is 13.2. The van der Waals surface area contributed by atoms with Crippen LogP contribution in [0.3, 0.4) is 0 Å². The van der Waals surface area contributed by atoms with E-state index in [0.29, 0.717) is 74.9 Å². The Balaban J connectivity index is 1.32. The molecule has 1 saturated carbocycles. The number of hydrogen-bond donors (Lipinski definition) is 3. The highest BCUT2D eigenvalue weighted by Crippen LogP contribution is 2.30. The normalized spacial score (nSPS) is 21.1. The number of carbonyl (C=O) groups is 3. The molecule has 4 N–H and O–H groups in total. The molecular weight excluding hydrogens is 522 g/mol. The molecule has 4 amide bonds. The number of amides is 4. The number of hydrogen-bond acceptors (Lipinski definition) is 7. The highest BCUT2D eigenvalue weighted by atomic mass is 16.5. The standard InChI is InChI=1S/C30H37N7O4/c31-20-21-1-3-22(4-2-21)28(38)34-26-19-23(29(39)33-25-8-6-24(32)7-9-25)5-10-27(26)35-11-13-36(14-12-35)30(40)37-15-17-41-18-16-37/h1-5,10,19,24-25H,6-9,11-18,32H2,(H,33,39)(H,34,38). The number of benzene rings is 2. The number of ether oxygens (including phenoxy) is 1. The molecule has 0 atom stereocenters. The maximum Gasteiger partial charge on any atom is 0.320 e. The lowest BCUT2D eigenvalue weighted by atomic mass is 9.91. The van der Waals surface area contributed by atoms with E-state index in [9.17, 15) is 14.4 Å². The van der Waals surface area contributed by atoms with Gasteiger partial charge in [-0.1, -0.05) is 0 Å². The molecule has 11 heteroatoms. The van der Waals surface area contributed by atoms with Crippen molar-refractivity contribution in [3.63, 3.8) is 0 Å². The minimum atomic E-state index is -0.337. The van der Waals surface area contributed by atoms with Crippen LogP contribution in [0.15, 0.2) is 42.5 Å². The molecule has 2 aromatic rings. The van der Waals surface area contributed by atoms with E-state index in [0.717, 1.165) is 31.4 Å². The summed E-state index contributed by atoms with van der Waals surface area (Å²) < 4.78 is 5.37. The molecule has 3 fully saturated rings. The Kier molecular flexibility index (Phi) is 9.01. The van der Waals surface area contributed by atoms with E-state index in [4.69, 9.17) is 15.7 Å². The van der Waals surface area contributed by atoms with Crippen LogP contribution in [0.1, 0.15) is 52.0 Å². The Labute approximate surface area is 240 Å². The number of nitriles is 1. The zero-order valence-corrected chi connectivity index (χ0v) is 23.2. The van der Waals surface area contributed by atoms with Crippen molar-refractivity contribution >= 4 is 29.2 Å². The second kappa shape index (κ2) is 13.0. The lowest BCUT2D eigenvalue weighted by Crippen LogP contribution is -2.54. The molecular formula is C30H37N7O4. The zero-order chi connectivity index (χ0) is 28.8. The SMILES string of the molecule is N#Cc1ccc(C(=O)Nc2cc(C(=O)NC3CCC(N)CC3)ccc2N2CCN(C(=O)N3CCOCC3)CC2)cc1. The van der Waals surface area contributed by atoms with E-state index in [1.54, 1.807) is 36.4 Å². The third-order valence-corrected chi connectivity index (χ3v) is 8.06. The van der Waals surface area contributed by atoms with Crippen LogP contribution in [0.5, 0.6) is 0 Å². The van der Waals surface area contributed by atoms with Gasteiger partial charge in [-0.3, -0.25) is 9.59 Å². The van der Waals surface area contributed by atoms with Crippen molar-refractivity contribution in [2.45, 2.75) is 37.8 Å². The molecule has 0 aromatic heterocycles. The number of rotatable bonds is 5. The van der Waals surface area contributed by atoms with Crippen LogP contribution >= 0.6 is 0 Å². The molecule has 2 aromatic carbocycles. The van der Waals surface area contributed by atoms with Gasteiger partial charge < -0.3 is 35.8 Å². The first-order valence-electron chi connectivity index (χ1n) is 14.3. The van der Waals surface area contributed by atoms with E-state index in [-0.39, 0.29) is 29.9 Å². The van der Waals surface area contributed by atoms with Gasteiger partial charge in [-0.25, -0.2) is 4.79 Å². The van der Waals surface area contributed by atoms with Crippen LogP contribution in [0.4, 0.5) is 16.2 Å². The molecule has 5 rings (SSSR count). The van der Waals surface area contributed by atoms with Crippen LogP contribution < -0.4 is 21.3 Å². The number of nitrogens with zero attached hydrogens (tertiary/aromatic N) is 4. The molecule has 2 heterocycles. The van der Waals surface area contributed by atoms with Crippen molar-refractivity contribution in [1.82, 2.24) is 15.1 Å². The van der Waals surface area contributed by atoms with Crippen molar-refractivity contribution in [2.75, 3.05) is 62.7 Å². The molecule has 2 aliphatic heterocycles. The second-order valence-electron chi connectivity index (χ2n) is 10.8. The third kappa shape index (κ3) is 6.96. The van der Waals surface area contributed by atoms with Crippen molar-refractivity contribution < 1.29 is 19.1 Å². The largest absolute Gasteiger partial charge is 0.378 e. The van der Waals surface area contributed by atoms with Gasteiger partial charge in [-0.05, 0) is 68.1 Å². The van der Waals surface area contributed by atoms with E-state index >= 15 is 0 Å². The number of nitrogens with two attached hydrogens (primary N) is 1. The molecule has 41 heavy (non-hydrogen) atoms. The fourth-order valence-corrected chi connectivity index (χ4v) is 5.57. The van der Waals surface area contributed by atoms with Crippen molar-refractivity contribution in [2.24, 2.45) is 5.73 Å². The summed E-state index contributed by atoms with van der Waals surface area (Å²) in [7, 11) is 0. The number of urea groups is 1. The first-order valence-corrected chi connectivity index (χ1v) is 14.3. The molecule has 3 aliphatic rings. The summed E-state index contributed by atoms with van der Waals surface area (Å²) in [5, 5.41) is 15.2. The van der Waals surface area contributed by atoms with E-state index in [1.807, 2.05) is 15.9 Å². The quantitative estimate of drug-likeness (QED) is 0.510. The summed E-state index contributed by atoms with van der Waals surface area (Å²) in [5.74, 6) is -0.525. The highest BCUT2D eigenvalue weighted by Gasteiger charge is 2.28. The molecule has 1 aliphatic carbocycles. The summed E-state index contributed by atoms with van der Waals surface area (Å²) >= 11 is 0. The second-order valence-corrected chi connectivity index (χ2v) is 10.8. The Hall–Kier alpha value is -4.14. The Bertz CT molecular complexity index is 1290. The Morgan fingerprint density at radius 3 is 2.12 bits per heavy atom. The lowest BCUT2D eigenvalue weighted by Gasteiger charge is -2.39. The molecule has 0 spiro atoms. The summed E-state index contributed by atoms with van der Waals surface area (Å²) in [6.45, 7) is 4.58. The van der Waals surface area contributed by atoms with Gasteiger partial charge in [0.2, 0.25) is 0 Å². The molecule has 0 bridgehead atoms. The number of carbonyl (C=O) groups excluding carboxylic acids is 3. The highest BCUT2D eigenvalue weighted by molar-refractivity contribution is 6.07. The van der Waals surface area contributed by atoms with E-state index in [1.165, 1.54) is 0 Å². The number of anilines is 2. The van der Waals surface area contributed by atoms with Crippen molar-refractivity contribution in [1.29, 1.82) is 5.26 Å². The van der Waals surface area contributed by atoms with Crippen LogP contribution in [0, 0.1) is 11.3 Å².